The highest BCUT2D eigenvalue weighted by atomic mass is 16.3. The van der Waals surface area contributed by atoms with Gasteiger partial charge in [0.05, 0.1) is 12.1 Å². The van der Waals surface area contributed by atoms with Gasteiger partial charge in [-0.2, -0.15) is 0 Å². The molecule has 84 valence electrons. The van der Waals surface area contributed by atoms with Crippen molar-refractivity contribution in [2.24, 2.45) is 0 Å². The molecule has 3 nitrogen and oxygen atoms in total. The van der Waals surface area contributed by atoms with Gasteiger partial charge in [0, 0.05) is 11.4 Å². The van der Waals surface area contributed by atoms with Crippen LogP contribution in [0.15, 0.2) is 18.2 Å². The lowest BCUT2D eigenvalue weighted by atomic mass is 9.99. The highest BCUT2D eigenvalue weighted by molar-refractivity contribution is 5.60. The van der Waals surface area contributed by atoms with Crippen LogP contribution in [0.25, 0.3) is 0 Å². The number of aliphatic hydroxyl groups is 1. The van der Waals surface area contributed by atoms with Crippen molar-refractivity contribution in [1.82, 2.24) is 0 Å². The van der Waals surface area contributed by atoms with Gasteiger partial charge < -0.3 is 16.2 Å². The molecule has 1 rings (SSSR count). The molecular weight excluding hydrogens is 188 g/mol. The van der Waals surface area contributed by atoms with Crippen LogP contribution in [-0.2, 0) is 0 Å². The second kappa shape index (κ2) is 4.53. The minimum absolute atomic E-state index is 0.109. The number of nitrogen functional groups attached to an aromatic ring is 1. The second-order valence-electron chi connectivity index (χ2n) is 4.27. The molecule has 0 bridgehead atoms. The first-order valence-corrected chi connectivity index (χ1v) is 5.26. The Labute approximate surface area is 91.3 Å². The van der Waals surface area contributed by atoms with Crippen molar-refractivity contribution in [2.45, 2.75) is 32.7 Å². The number of nitrogens with two attached hydrogens (primary N) is 1. The number of hydrogen-bond donors (Lipinski definition) is 3. The summed E-state index contributed by atoms with van der Waals surface area (Å²) in [5.41, 5.74) is 8.31. The van der Waals surface area contributed by atoms with Gasteiger partial charge in [-0.15, -0.1) is 0 Å². The number of aliphatic hydroxyl groups excluding tert-OH is 1. The molecule has 1 unspecified atom stereocenters. The summed E-state index contributed by atoms with van der Waals surface area (Å²) in [5.74, 6) is 0. The Bertz CT molecular complexity index is 332. The predicted molar refractivity (Wildman–Crippen MR) is 65.0 cm³/mol. The summed E-state index contributed by atoms with van der Waals surface area (Å²) in [5, 5.41) is 12.6. The van der Waals surface area contributed by atoms with Gasteiger partial charge in [0.1, 0.15) is 0 Å². The van der Waals surface area contributed by atoms with Crippen molar-refractivity contribution >= 4 is 11.4 Å². The van der Waals surface area contributed by atoms with E-state index in [1.54, 1.807) is 0 Å². The fourth-order valence-corrected chi connectivity index (χ4v) is 1.34. The minimum Gasteiger partial charge on any atom is -0.399 e. The lowest BCUT2D eigenvalue weighted by Gasteiger charge is -2.29. The van der Waals surface area contributed by atoms with Crippen LogP contribution in [0.1, 0.15) is 25.8 Å². The molecule has 1 aromatic rings. The molecule has 0 aliphatic rings. The van der Waals surface area contributed by atoms with Crippen molar-refractivity contribution in [3.8, 4) is 0 Å². The van der Waals surface area contributed by atoms with E-state index in [-0.39, 0.29) is 12.1 Å². The number of nitrogens with one attached hydrogen (secondary N) is 1. The Kier molecular flexibility index (Phi) is 3.58. The molecule has 1 aromatic carbocycles. The van der Waals surface area contributed by atoms with Gasteiger partial charge in [0.25, 0.3) is 0 Å². The van der Waals surface area contributed by atoms with Crippen LogP contribution in [0.3, 0.4) is 0 Å². The van der Waals surface area contributed by atoms with Gasteiger partial charge in [-0.1, -0.05) is 13.0 Å². The zero-order valence-electron chi connectivity index (χ0n) is 9.67. The summed E-state index contributed by atoms with van der Waals surface area (Å²) in [6.45, 7) is 6.17. The maximum absolute atomic E-state index is 9.31. The van der Waals surface area contributed by atoms with E-state index in [4.69, 9.17) is 5.73 Å². The van der Waals surface area contributed by atoms with E-state index in [1.165, 1.54) is 0 Å². The zero-order chi connectivity index (χ0) is 11.5. The fraction of sp³-hybridized carbons (Fsp3) is 0.500. The van der Waals surface area contributed by atoms with Crippen LogP contribution in [-0.4, -0.2) is 17.3 Å². The van der Waals surface area contributed by atoms with E-state index in [2.05, 4.69) is 5.32 Å². The Balaban J connectivity index is 2.92. The lowest BCUT2D eigenvalue weighted by molar-refractivity contribution is 0.219. The van der Waals surface area contributed by atoms with Crippen LogP contribution in [0.2, 0.25) is 0 Å². The van der Waals surface area contributed by atoms with Crippen molar-refractivity contribution in [2.75, 3.05) is 17.7 Å². The van der Waals surface area contributed by atoms with E-state index in [0.717, 1.165) is 23.4 Å². The summed E-state index contributed by atoms with van der Waals surface area (Å²) in [6, 6.07) is 5.76. The van der Waals surface area contributed by atoms with Gasteiger partial charge in [0.15, 0.2) is 0 Å². The highest BCUT2D eigenvalue weighted by Gasteiger charge is 2.20. The number of hydrogen-bond acceptors (Lipinski definition) is 3. The molecule has 0 spiro atoms. The standard InChI is InChI=1S/C12H20N2O/c1-4-12(3,8-15)14-11-7-10(13)6-5-9(11)2/h5-7,14-15H,4,8,13H2,1-3H3. The first-order chi connectivity index (χ1) is 7.00. The monoisotopic (exact) mass is 208 g/mol. The van der Waals surface area contributed by atoms with Crippen molar-refractivity contribution in [1.29, 1.82) is 0 Å². The van der Waals surface area contributed by atoms with E-state index >= 15 is 0 Å². The molecule has 0 aliphatic carbocycles. The van der Waals surface area contributed by atoms with Crippen molar-refractivity contribution in [3.05, 3.63) is 23.8 Å². The molecule has 1 atom stereocenters. The Morgan fingerprint density at radius 2 is 2.13 bits per heavy atom. The lowest BCUT2D eigenvalue weighted by Crippen LogP contribution is -2.38. The van der Waals surface area contributed by atoms with E-state index in [0.29, 0.717) is 0 Å². The molecule has 0 saturated carbocycles. The third-order valence-corrected chi connectivity index (χ3v) is 2.83. The Morgan fingerprint density at radius 1 is 1.47 bits per heavy atom. The average Bonchev–Trinajstić information content (AvgIpc) is 2.23. The quantitative estimate of drug-likeness (QED) is 0.664. The number of aryl methyl sites for hydroxylation is 1. The molecule has 0 fully saturated rings. The summed E-state index contributed by atoms with van der Waals surface area (Å²) in [6.07, 6.45) is 0.859. The van der Waals surface area contributed by atoms with Crippen LogP contribution in [0.5, 0.6) is 0 Å². The molecule has 4 N–H and O–H groups in total. The Hall–Kier alpha value is -1.22. The normalized spacial score (nSPS) is 14.7. The molecule has 3 heteroatoms. The third-order valence-electron chi connectivity index (χ3n) is 2.83. The number of rotatable bonds is 4. The van der Waals surface area contributed by atoms with E-state index in [9.17, 15) is 5.11 Å². The van der Waals surface area contributed by atoms with Gasteiger partial charge in [-0.25, -0.2) is 0 Å². The van der Waals surface area contributed by atoms with Gasteiger partial charge >= 0.3 is 0 Å². The van der Waals surface area contributed by atoms with Crippen molar-refractivity contribution < 1.29 is 5.11 Å². The van der Waals surface area contributed by atoms with Gasteiger partial charge in [0.2, 0.25) is 0 Å². The molecule has 0 radical (unpaired) electrons. The summed E-state index contributed by atoms with van der Waals surface area (Å²) >= 11 is 0. The van der Waals surface area contributed by atoms with E-state index in [1.807, 2.05) is 39.0 Å². The number of benzene rings is 1. The van der Waals surface area contributed by atoms with Crippen molar-refractivity contribution in [3.63, 3.8) is 0 Å². The largest absolute Gasteiger partial charge is 0.399 e. The fourth-order valence-electron chi connectivity index (χ4n) is 1.34. The summed E-state index contributed by atoms with van der Waals surface area (Å²) in [4.78, 5) is 0. The molecule has 0 saturated heterocycles. The minimum atomic E-state index is -0.279. The topological polar surface area (TPSA) is 58.3 Å². The summed E-state index contributed by atoms with van der Waals surface area (Å²) in [7, 11) is 0. The first kappa shape index (κ1) is 11.9. The molecule has 0 heterocycles. The van der Waals surface area contributed by atoms with Gasteiger partial charge in [-0.05, 0) is 38.0 Å². The number of anilines is 2. The van der Waals surface area contributed by atoms with Crippen LogP contribution in [0.4, 0.5) is 11.4 Å². The van der Waals surface area contributed by atoms with E-state index < -0.39 is 0 Å². The molecule has 0 amide bonds. The van der Waals surface area contributed by atoms with Crippen LogP contribution in [0, 0.1) is 6.92 Å². The average molecular weight is 208 g/mol. The summed E-state index contributed by atoms with van der Waals surface area (Å²) < 4.78 is 0. The SMILES string of the molecule is CCC(C)(CO)Nc1cc(N)ccc1C. The molecule has 0 aromatic heterocycles. The molecular formula is C12H20N2O. The first-order valence-electron chi connectivity index (χ1n) is 5.26. The van der Waals surface area contributed by atoms with Crippen LogP contribution < -0.4 is 11.1 Å². The zero-order valence-corrected chi connectivity index (χ0v) is 9.67. The maximum Gasteiger partial charge on any atom is 0.0658 e. The molecule has 0 aliphatic heterocycles. The highest BCUT2D eigenvalue weighted by Crippen LogP contribution is 2.23. The predicted octanol–water partition coefficient (Wildman–Crippen LogP) is 2.15. The second-order valence-corrected chi connectivity index (χ2v) is 4.27. The molecule has 15 heavy (non-hydrogen) atoms. The Morgan fingerprint density at radius 3 is 2.67 bits per heavy atom. The van der Waals surface area contributed by atoms with Gasteiger partial charge in [-0.3, -0.25) is 0 Å². The smallest absolute Gasteiger partial charge is 0.0658 e. The third kappa shape index (κ3) is 2.86. The maximum atomic E-state index is 9.31. The van der Waals surface area contributed by atoms with Crippen LogP contribution >= 0.6 is 0 Å².